The molecule has 0 amide bonds. The predicted molar refractivity (Wildman–Crippen MR) is 99.5 cm³/mol. The van der Waals surface area contributed by atoms with Crippen molar-refractivity contribution in [2.75, 3.05) is 0 Å². The third kappa shape index (κ3) is 4.59. The Kier molecular flexibility index (Phi) is 5.65. The van der Waals surface area contributed by atoms with Gasteiger partial charge in [-0.3, -0.25) is 14.9 Å². The lowest BCUT2D eigenvalue weighted by atomic mass is 10.2. The van der Waals surface area contributed by atoms with Crippen molar-refractivity contribution in [2.24, 2.45) is 0 Å². The van der Waals surface area contributed by atoms with Crippen molar-refractivity contribution in [3.63, 3.8) is 0 Å². The summed E-state index contributed by atoms with van der Waals surface area (Å²) in [5.41, 5.74) is 1.13. The molecule has 0 radical (unpaired) electrons. The number of nitrogens with one attached hydrogen (secondary N) is 1. The van der Waals surface area contributed by atoms with E-state index in [-0.39, 0.29) is 22.4 Å². The summed E-state index contributed by atoms with van der Waals surface area (Å²) in [6.07, 6.45) is 1.63. The minimum absolute atomic E-state index is 0.00981. The van der Waals surface area contributed by atoms with Gasteiger partial charge in [0.15, 0.2) is 5.16 Å². The Balaban J connectivity index is 1.76. The average Bonchev–Trinajstić information content (AvgIpc) is 3.12. The maximum Gasteiger partial charge on any atom is 0.269 e. The third-order valence-corrected chi connectivity index (χ3v) is 4.65. The third-order valence-electron chi connectivity index (χ3n) is 3.68. The molecule has 2 aromatic heterocycles. The standard InChI is InChI=1S/C17H17N5O4S/c1-3-4-12-9-14(23)19-17(18-12)27-10(2)15-20-21-16(26-15)11-5-7-13(8-6-11)22(24)25/h5-10H,3-4H2,1-2H3,(H,18,19,23)/t10-/m1/s1. The van der Waals surface area contributed by atoms with Crippen molar-refractivity contribution in [1.29, 1.82) is 0 Å². The zero-order valence-corrected chi connectivity index (χ0v) is 15.5. The Morgan fingerprint density at radius 1 is 1.30 bits per heavy atom. The number of rotatable bonds is 7. The van der Waals surface area contributed by atoms with E-state index in [1.54, 1.807) is 12.1 Å². The Hall–Kier alpha value is -3.01. The molecule has 0 unspecified atom stereocenters. The summed E-state index contributed by atoms with van der Waals surface area (Å²) in [5, 5.41) is 19.0. The van der Waals surface area contributed by atoms with Gasteiger partial charge in [-0.25, -0.2) is 4.98 Å². The fourth-order valence-corrected chi connectivity index (χ4v) is 3.24. The zero-order chi connectivity index (χ0) is 19.4. The molecular formula is C17H17N5O4S. The normalized spacial score (nSPS) is 12.1. The molecule has 27 heavy (non-hydrogen) atoms. The lowest BCUT2D eigenvalue weighted by Gasteiger charge is -2.07. The lowest BCUT2D eigenvalue weighted by Crippen LogP contribution is -2.10. The van der Waals surface area contributed by atoms with Gasteiger partial charge in [0.2, 0.25) is 11.8 Å². The molecule has 1 atom stereocenters. The van der Waals surface area contributed by atoms with Crippen LogP contribution in [0.25, 0.3) is 11.5 Å². The number of aryl methyl sites for hydroxylation is 1. The number of benzene rings is 1. The molecule has 3 aromatic rings. The van der Waals surface area contributed by atoms with Gasteiger partial charge < -0.3 is 9.40 Å². The van der Waals surface area contributed by atoms with Crippen LogP contribution in [-0.4, -0.2) is 25.1 Å². The first-order chi connectivity index (χ1) is 13.0. The Labute approximate surface area is 158 Å². The molecule has 10 heteroatoms. The van der Waals surface area contributed by atoms with Crippen LogP contribution in [0.15, 0.2) is 44.7 Å². The fourth-order valence-electron chi connectivity index (χ4n) is 2.38. The largest absolute Gasteiger partial charge is 0.419 e. The second-order valence-electron chi connectivity index (χ2n) is 5.80. The smallest absolute Gasteiger partial charge is 0.269 e. The van der Waals surface area contributed by atoms with Crippen molar-refractivity contribution < 1.29 is 9.34 Å². The minimum Gasteiger partial charge on any atom is -0.419 e. The summed E-state index contributed by atoms with van der Waals surface area (Å²) in [5.74, 6) is 0.644. The monoisotopic (exact) mass is 387 g/mol. The van der Waals surface area contributed by atoms with Gasteiger partial charge in [0, 0.05) is 29.5 Å². The van der Waals surface area contributed by atoms with Crippen LogP contribution in [0.3, 0.4) is 0 Å². The number of aromatic amines is 1. The highest BCUT2D eigenvalue weighted by atomic mass is 32.2. The zero-order valence-electron chi connectivity index (χ0n) is 14.7. The molecule has 0 bridgehead atoms. The van der Waals surface area contributed by atoms with E-state index in [0.717, 1.165) is 18.5 Å². The number of non-ortho nitro benzene ring substituents is 1. The molecule has 0 spiro atoms. The Morgan fingerprint density at radius 2 is 2.04 bits per heavy atom. The number of nitrogens with zero attached hydrogens (tertiary/aromatic N) is 4. The number of nitro benzene ring substituents is 1. The van der Waals surface area contributed by atoms with Crippen LogP contribution in [-0.2, 0) is 6.42 Å². The molecule has 0 aliphatic heterocycles. The predicted octanol–water partition coefficient (Wildman–Crippen LogP) is 3.53. The maximum absolute atomic E-state index is 11.8. The molecule has 0 fully saturated rings. The van der Waals surface area contributed by atoms with E-state index in [9.17, 15) is 14.9 Å². The maximum atomic E-state index is 11.8. The average molecular weight is 387 g/mol. The van der Waals surface area contributed by atoms with Gasteiger partial charge in [0.05, 0.1) is 10.2 Å². The summed E-state index contributed by atoms with van der Waals surface area (Å²) in [6.45, 7) is 3.89. The van der Waals surface area contributed by atoms with Crippen LogP contribution in [0.1, 0.15) is 37.1 Å². The molecule has 140 valence electrons. The lowest BCUT2D eigenvalue weighted by molar-refractivity contribution is -0.384. The van der Waals surface area contributed by atoms with Gasteiger partial charge in [0.25, 0.3) is 11.2 Å². The van der Waals surface area contributed by atoms with E-state index in [1.165, 1.54) is 30.0 Å². The topological polar surface area (TPSA) is 128 Å². The molecule has 0 aliphatic carbocycles. The van der Waals surface area contributed by atoms with Gasteiger partial charge in [-0.1, -0.05) is 25.1 Å². The van der Waals surface area contributed by atoms with Crippen LogP contribution in [0, 0.1) is 10.1 Å². The van der Waals surface area contributed by atoms with Crippen molar-refractivity contribution >= 4 is 17.4 Å². The molecule has 0 aliphatic rings. The van der Waals surface area contributed by atoms with Crippen LogP contribution in [0.4, 0.5) is 5.69 Å². The highest BCUT2D eigenvalue weighted by molar-refractivity contribution is 7.99. The van der Waals surface area contributed by atoms with Gasteiger partial charge in [-0.2, -0.15) is 0 Å². The minimum atomic E-state index is -0.470. The van der Waals surface area contributed by atoms with Crippen LogP contribution in [0.5, 0.6) is 0 Å². The van der Waals surface area contributed by atoms with E-state index < -0.39 is 4.92 Å². The molecule has 9 nitrogen and oxygen atoms in total. The molecule has 3 rings (SSSR count). The highest BCUT2D eigenvalue weighted by Gasteiger charge is 2.18. The van der Waals surface area contributed by atoms with Crippen LogP contribution in [0.2, 0.25) is 0 Å². The number of nitro groups is 1. The van der Waals surface area contributed by atoms with Gasteiger partial charge in [0.1, 0.15) is 0 Å². The SMILES string of the molecule is CCCc1cc(=O)[nH]c(S[C@H](C)c2nnc(-c3ccc([N+](=O)[O-])cc3)o2)n1. The summed E-state index contributed by atoms with van der Waals surface area (Å²) < 4.78 is 5.68. The second-order valence-corrected chi connectivity index (χ2v) is 7.13. The molecule has 0 saturated heterocycles. The number of hydrogen-bond acceptors (Lipinski definition) is 8. The van der Waals surface area contributed by atoms with E-state index in [1.807, 2.05) is 13.8 Å². The Bertz CT molecular complexity index is 999. The molecule has 0 saturated carbocycles. The molecule has 2 heterocycles. The molecule has 1 aromatic carbocycles. The van der Waals surface area contributed by atoms with Gasteiger partial charge >= 0.3 is 0 Å². The van der Waals surface area contributed by atoms with Crippen molar-refractivity contribution in [3.05, 3.63) is 62.4 Å². The van der Waals surface area contributed by atoms with Crippen molar-refractivity contribution in [2.45, 2.75) is 37.1 Å². The van der Waals surface area contributed by atoms with Crippen molar-refractivity contribution in [1.82, 2.24) is 20.2 Å². The summed E-state index contributed by atoms with van der Waals surface area (Å²) in [6, 6.07) is 7.37. The van der Waals surface area contributed by atoms with E-state index >= 15 is 0 Å². The quantitative estimate of drug-likeness (QED) is 0.282. The van der Waals surface area contributed by atoms with Gasteiger partial charge in [-0.15, -0.1) is 10.2 Å². The first-order valence-corrected chi connectivity index (χ1v) is 9.19. The van der Waals surface area contributed by atoms with Crippen LogP contribution >= 0.6 is 11.8 Å². The fraction of sp³-hybridized carbons (Fsp3) is 0.294. The first-order valence-electron chi connectivity index (χ1n) is 8.31. The second kappa shape index (κ2) is 8.12. The summed E-state index contributed by atoms with van der Waals surface area (Å²) >= 11 is 1.31. The highest BCUT2D eigenvalue weighted by Crippen LogP contribution is 2.33. The van der Waals surface area contributed by atoms with E-state index in [2.05, 4.69) is 20.2 Å². The van der Waals surface area contributed by atoms with Gasteiger partial charge in [-0.05, 0) is 25.5 Å². The Morgan fingerprint density at radius 3 is 2.70 bits per heavy atom. The number of H-pyrrole nitrogens is 1. The van der Waals surface area contributed by atoms with E-state index in [4.69, 9.17) is 4.42 Å². The number of hydrogen-bond donors (Lipinski definition) is 1. The summed E-state index contributed by atoms with van der Waals surface area (Å²) in [4.78, 5) is 29.2. The number of aromatic nitrogens is 4. The van der Waals surface area contributed by atoms with E-state index in [0.29, 0.717) is 16.6 Å². The molecule has 1 N–H and O–H groups in total. The first kappa shape index (κ1) is 18.8. The summed E-state index contributed by atoms with van der Waals surface area (Å²) in [7, 11) is 0. The van der Waals surface area contributed by atoms with Crippen molar-refractivity contribution in [3.8, 4) is 11.5 Å². The molecular weight excluding hydrogens is 370 g/mol. The van der Waals surface area contributed by atoms with Crippen LogP contribution < -0.4 is 5.56 Å². The number of thioether (sulfide) groups is 1.